The van der Waals surface area contributed by atoms with Crippen molar-refractivity contribution in [3.8, 4) is 11.1 Å². The Morgan fingerprint density at radius 1 is 1.08 bits per heavy atom. The van der Waals surface area contributed by atoms with Gasteiger partial charge in [-0.05, 0) is 36.2 Å². The maximum atomic E-state index is 13.5. The van der Waals surface area contributed by atoms with Gasteiger partial charge in [-0.1, -0.05) is 6.07 Å². The number of aryl methyl sites for hydroxylation is 2. The van der Waals surface area contributed by atoms with Crippen molar-refractivity contribution in [3.63, 3.8) is 0 Å². The van der Waals surface area contributed by atoms with E-state index >= 15 is 0 Å². The molecule has 0 spiro atoms. The van der Waals surface area contributed by atoms with E-state index in [1.807, 2.05) is 6.07 Å². The number of hydrogen-bond donors (Lipinski definition) is 0. The molecule has 3 aromatic heterocycles. The summed E-state index contributed by atoms with van der Waals surface area (Å²) in [6.07, 6.45) is 3.45. The van der Waals surface area contributed by atoms with Crippen LogP contribution >= 0.6 is 0 Å². The van der Waals surface area contributed by atoms with E-state index in [4.69, 9.17) is 4.42 Å². The quantitative estimate of drug-likeness (QED) is 0.578. The van der Waals surface area contributed by atoms with Crippen LogP contribution in [0.3, 0.4) is 0 Å². The molecular weight excluding hydrogens is 309 g/mol. The fourth-order valence-electron chi connectivity index (χ4n) is 2.59. The SMILES string of the molecule is Cc1nnc(Cn2ncc3ncc(-c4ccc(F)c(C)c4)cc32)o1. The molecule has 0 amide bonds. The van der Waals surface area contributed by atoms with Gasteiger partial charge in [-0.2, -0.15) is 5.10 Å². The predicted molar refractivity (Wildman–Crippen MR) is 85.8 cm³/mol. The molecule has 0 N–H and O–H groups in total. The first-order valence-corrected chi connectivity index (χ1v) is 7.47. The highest BCUT2D eigenvalue weighted by Gasteiger charge is 2.11. The van der Waals surface area contributed by atoms with Crippen molar-refractivity contribution >= 4 is 11.0 Å². The highest BCUT2D eigenvalue weighted by molar-refractivity contribution is 5.80. The molecule has 0 bridgehead atoms. The van der Waals surface area contributed by atoms with Gasteiger partial charge in [0.15, 0.2) is 0 Å². The summed E-state index contributed by atoms with van der Waals surface area (Å²) in [6, 6.07) is 6.99. The average Bonchev–Trinajstić information content (AvgIpc) is 3.16. The number of halogens is 1. The molecule has 24 heavy (non-hydrogen) atoms. The van der Waals surface area contributed by atoms with E-state index in [1.165, 1.54) is 6.07 Å². The first-order valence-electron chi connectivity index (χ1n) is 7.47. The van der Waals surface area contributed by atoms with Crippen LogP contribution in [0.25, 0.3) is 22.2 Å². The van der Waals surface area contributed by atoms with Crippen molar-refractivity contribution in [2.75, 3.05) is 0 Å². The molecule has 7 heteroatoms. The van der Waals surface area contributed by atoms with E-state index < -0.39 is 0 Å². The lowest BCUT2D eigenvalue weighted by Gasteiger charge is -2.05. The van der Waals surface area contributed by atoms with Crippen LogP contribution in [0.1, 0.15) is 17.3 Å². The lowest BCUT2D eigenvalue weighted by atomic mass is 10.0. The zero-order valence-corrected chi connectivity index (χ0v) is 13.2. The van der Waals surface area contributed by atoms with Gasteiger partial charge >= 0.3 is 0 Å². The summed E-state index contributed by atoms with van der Waals surface area (Å²) in [5, 5.41) is 12.1. The number of rotatable bonds is 3. The van der Waals surface area contributed by atoms with Gasteiger partial charge in [0, 0.05) is 18.7 Å². The summed E-state index contributed by atoms with van der Waals surface area (Å²) in [5.74, 6) is 0.784. The van der Waals surface area contributed by atoms with Crippen molar-refractivity contribution in [1.82, 2.24) is 25.0 Å². The molecule has 1 aromatic carbocycles. The van der Waals surface area contributed by atoms with Crippen LogP contribution in [-0.4, -0.2) is 25.0 Å². The number of nitrogens with zero attached hydrogens (tertiary/aromatic N) is 5. The lowest BCUT2D eigenvalue weighted by Crippen LogP contribution is -2.02. The maximum Gasteiger partial charge on any atom is 0.237 e. The number of aromatic nitrogens is 5. The third-order valence-electron chi connectivity index (χ3n) is 3.84. The molecule has 120 valence electrons. The van der Waals surface area contributed by atoms with Crippen molar-refractivity contribution in [2.24, 2.45) is 0 Å². The molecule has 0 aliphatic carbocycles. The van der Waals surface area contributed by atoms with E-state index in [1.54, 1.807) is 43.1 Å². The first-order chi connectivity index (χ1) is 11.6. The standard InChI is InChI=1S/C17H14FN5O/c1-10-5-12(3-4-14(10)18)13-6-16-15(19-7-13)8-20-23(16)9-17-22-21-11(2)24-17/h3-8H,9H2,1-2H3. The fourth-order valence-corrected chi connectivity index (χ4v) is 2.59. The molecule has 3 heterocycles. The topological polar surface area (TPSA) is 69.6 Å². The van der Waals surface area contributed by atoms with Crippen LogP contribution in [-0.2, 0) is 6.54 Å². The Morgan fingerprint density at radius 2 is 1.96 bits per heavy atom. The van der Waals surface area contributed by atoms with Gasteiger partial charge in [-0.15, -0.1) is 10.2 Å². The Labute approximate surface area is 137 Å². The van der Waals surface area contributed by atoms with E-state index in [2.05, 4.69) is 20.3 Å². The summed E-state index contributed by atoms with van der Waals surface area (Å²) in [4.78, 5) is 4.43. The zero-order chi connectivity index (χ0) is 16.7. The molecule has 0 aliphatic rings. The molecule has 0 saturated heterocycles. The number of hydrogen-bond acceptors (Lipinski definition) is 5. The van der Waals surface area contributed by atoms with Crippen LogP contribution in [0, 0.1) is 19.7 Å². The molecule has 0 atom stereocenters. The molecule has 0 fully saturated rings. The number of fused-ring (bicyclic) bond motifs is 1. The molecule has 4 rings (SSSR count). The Morgan fingerprint density at radius 3 is 2.71 bits per heavy atom. The van der Waals surface area contributed by atoms with Crippen molar-refractivity contribution in [1.29, 1.82) is 0 Å². The summed E-state index contributed by atoms with van der Waals surface area (Å²) in [7, 11) is 0. The van der Waals surface area contributed by atoms with Gasteiger partial charge in [0.1, 0.15) is 17.9 Å². The predicted octanol–water partition coefficient (Wildman–Crippen LogP) is 3.29. The fraction of sp³-hybridized carbons (Fsp3) is 0.176. The van der Waals surface area contributed by atoms with Gasteiger partial charge in [-0.3, -0.25) is 9.67 Å². The average molecular weight is 323 g/mol. The summed E-state index contributed by atoms with van der Waals surface area (Å²) >= 11 is 0. The maximum absolute atomic E-state index is 13.5. The van der Waals surface area contributed by atoms with Gasteiger partial charge < -0.3 is 4.42 Å². The number of pyridine rings is 1. The minimum Gasteiger partial charge on any atom is -0.424 e. The molecule has 6 nitrogen and oxygen atoms in total. The highest BCUT2D eigenvalue weighted by Crippen LogP contribution is 2.24. The van der Waals surface area contributed by atoms with Gasteiger partial charge in [-0.25, -0.2) is 4.39 Å². The number of benzene rings is 1. The first kappa shape index (κ1) is 14.5. The second-order valence-electron chi connectivity index (χ2n) is 5.61. The van der Waals surface area contributed by atoms with Crippen LogP contribution in [0.5, 0.6) is 0 Å². The smallest absolute Gasteiger partial charge is 0.237 e. The van der Waals surface area contributed by atoms with E-state index in [0.717, 1.165) is 22.2 Å². The summed E-state index contributed by atoms with van der Waals surface area (Å²) in [6.45, 7) is 3.86. The van der Waals surface area contributed by atoms with Gasteiger partial charge in [0.25, 0.3) is 0 Å². The second-order valence-corrected chi connectivity index (χ2v) is 5.61. The summed E-state index contributed by atoms with van der Waals surface area (Å²) < 4.78 is 20.6. The van der Waals surface area contributed by atoms with Crippen molar-refractivity contribution < 1.29 is 8.81 Å². The van der Waals surface area contributed by atoms with E-state index in [-0.39, 0.29) is 5.82 Å². The molecule has 0 radical (unpaired) electrons. The third kappa shape index (κ3) is 2.54. The van der Waals surface area contributed by atoms with Gasteiger partial charge in [0.05, 0.1) is 11.7 Å². The highest BCUT2D eigenvalue weighted by atomic mass is 19.1. The van der Waals surface area contributed by atoms with Crippen LogP contribution in [0.15, 0.2) is 41.1 Å². The molecule has 4 aromatic rings. The normalized spacial score (nSPS) is 11.3. The van der Waals surface area contributed by atoms with Crippen molar-refractivity contribution in [2.45, 2.75) is 20.4 Å². The van der Waals surface area contributed by atoms with E-state index in [9.17, 15) is 4.39 Å². The van der Waals surface area contributed by atoms with Crippen LogP contribution in [0.4, 0.5) is 4.39 Å². The minimum atomic E-state index is -0.218. The Hall–Kier alpha value is -3.09. The minimum absolute atomic E-state index is 0.218. The zero-order valence-electron chi connectivity index (χ0n) is 13.2. The summed E-state index contributed by atoms with van der Waals surface area (Å²) in [5.41, 5.74) is 4.03. The van der Waals surface area contributed by atoms with E-state index in [0.29, 0.717) is 23.9 Å². The Kier molecular flexibility index (Phi) is 3.34. The van der Waals surface area contributed by atoms with Crippen LogP contribution < -0.4 is 0 Å². The van der Waals surface area contributed by atoms with Gasteiger partial charge in [0.2, 0.25) is 11.8 Å². The molecule has 0 aliphatic heterocycles. The Bertz CT molecular complexity index is 1040. The molecular formula is C17H14FN5O. The Balaban J connectivity index is 1.76. The van der Waals surface area contributed by atoms with Crippen LogP contribution in [0.2, 0.25) is 0 Å². The van der Waals surface area contributed by atoms with Crippen molar-refractivity contribution in [3.05, 3.63) is 59.8 Å². The molecule has 0 unspecified atom stereocenters. The second kappa shape index (κ2) is 5.52. The molecule has 0 saturated carbocycles. The lowest BCUT2D eigenvalue weighted by molar-refractivity contribution is 0.447. The largest absolute Gasteiger partial charge is 0.424 e. The third-order valence-corrected chi connectivity index (χ3v) is 3.84. The monoisotopic (exact) mass is 323 g/mol.